The van der Waals surface area contributed by atoms with Gasteiger partial charge in [-0.15, -0.1) is 0 Å². The number of carbonyl (C=O) groups is 1. The summed E-state index contributed by atoms with van der Waals surface area (Å²) in [6.07, 6.45) is 0. The summed E-state index contributed by atoms with van der Waals surface area (Å²) in [6, 6.07) is 15.5. The van der Waals surface area contributed by atoms with Crippen molar-refractivity contribution in [3.63, 3.8) is 0 Å². The number of amides is 1. The third-order valence-corrected chi connectivity index (χ3v) is 3.35. The summed E-state index contributed by atoms with van der Waals surface area (Å²) in [7, 11) is 3.29. The molecule has 0 heterocycles. The minimum Gasteiger partial charge on any atom is -0.497 e. The number of benzene rings is 2. The number of nitrogens with one attached hydrogen (secondary N) is 2. The molecule has 0 spiro atoms. The van der Waals surface area contributed by atoms with Crippen LogP contribution in [-0.4, -0.2) is 20.1 Å². The highest BCUT2D eigenvalue weighted by Crippen LogP contribution is 2.22. The van der Waals surface area contributed by atoms with Gasteiger partial charge in [0.05, 0.1) is 7.11 Å². The number of anilines is 1. The van der Waals surface area contributed by atoms with Crippen LogP contribution < -0.4 is 15.4 Å². The first-order valence-corrected chi connectivity index (χ1v) is 6.86. The number of hydrogen-bond acceptors (Lipinski definition) is 3. The number of hydrogen-bond donors (Lipinski definition) is 2. The largest absolute Gasteiger partial charge is 0.497 e. The molecule has 0 aliphatic rings. The van der Waals surface area contributed by atoms with Crippen molar-refractivity contribution in [3.05, 3.63) is 59.7 Å². The molecule has 4 heteroatoms. The van der Waals surface area contributed by atoms with Crippen molar-refractivity contribution in [3.8, 4) is 5.75 Å². The van der Waals surface area contributed by atoms with Crippen molar-refractivity contribution < 1.29 is 9.53 Å². The summed E-state index contributed by atoms with van der Waals surface area (Å²) in [4.78, 5) is 11.5. The van der Waals surface area contributed by atoms with Crippen LogP contribution in [0, 0.1) is 0 Å². The highest BCUT2D eigenvalue weighted by atomic mass is 16.5. The molecule has 1 amide bonds. The maximum Gasteiger partial charge on any atom is 0.251 e. The molecule has 0 aromatic heterocycles. The standard InChI is InChI=1S/C17H20N2O2/c1-12(14-5-4-6-16(11-14)21-3)19-15-9-7-13(8-10-15)17(20)18-2/h4-12,19H,1-3H3,(H,18,20). The Morgan fingerprint density at radius 2 is 1.86 bits per heavy atom. The third-order valence-electron chi connectivity index (χ3n) is 3.35. The lowest BCUT2D eigenvalue weighted by molar-refractivity contribution is 0.0963. The number of ether oxygens (including phenoxy) is 1. The van der Waals surface area contributed by atoms with E-state index < -0.39 is 0 Å². The predicted molar refractivity (Wildman–Crippen MR) is 84.9 cm³/mol. The van der Waals surface area contributed by atoms with Gasteiger partial charge < -0.3 is 15.4 Å². The van der Waals surface area contributed by atoms with Crippen molar-refractivity contribution in [1.29, 1.82) is 0 Å². The van der Waals surface area contributed by atoms with Crippen LogP contribution in [0.4, 0.5) is 5.69 Å². The lowest BCUT2D eigenvalue weighted by Gasteiger charge is -2.16. The fourth-order valence-electron chi connectivity index (χ4n) is 2.11. The molecule has 2 aromatic carbocycles. The zero-order chi connectivity index (χ0) is 15.2. The molecule has 0 radical (unpaired) electrons. The van der Waals surface area contributed by atoms with Crippen LogP contribution in [0.25, 0.3) is 0 Å². The Morgan fingerprint density at radius 1 is 1.14 bits per heavy atom. The first kappa shape index (κ1) is 14.9. The van der Waals surface area contributed by atoms with E-state index in [2.05, 4.69) is 23.6 Å². The molecule has 0 saturated carbocycles. The fourth-order valence-corrected chi connectivity index (χ4v) is 2.11. The van der Waals surface area contributed by atoms with Gasteiger partial charge in [-0.25, -0.2) is 0 Å². The molecule has 0 aliphatic carbocycles. The summed E-state index contributed by atoms with van der Waals surface area (Å²) in [6.45, 7) is 2.08. The van der Waals surface area contributed by atoms with E-state index in [0.29, 0.717) is 5.56 Å². The van der Waals surface area contributed by atoms with Gasteiger partial charge in [0.1, 0.15) is 5.75 Å². The Labute approximate surface area is 125 Å². The first-order chi connectivity index (χ1) is 10.1. The van der Waals surface area contributed by atoms with Crippen molar-refractivity contribution in [2.75, 3.05) is 19.5 Å². The van der Waals surface area contributed by atoms with Crippen LogP contribution in [0.15, 0.2) is 48.5 Å². The van der Waals surface area contributed by atoms with Crippen molar-refractivity contribution >= 4 is 11.6 Å². The summed E-state index contributed by atoms with van der Waals surface area (Å²) < 4.78 is 5.24. The molecular weight excluding hydrogens is 264 g/mol. The Kier molecular flexibility index (Phi) is 4.82. The van der Waals surface area contributed by atoms with Gasteiger partial charge in [-0.2, -0.15) is 0 Å². The van der Waals surface area contributed by atoms with Gasteiger partial charge in [0, 0.05) is 24.3 Å². The Bertz CT molecular complexity index is 608. The predicted octanol–water partition coefficient (Wildman–Crippen LogP) is 3.23. The third kappa shape index (κ3) is 3.75. The molecule has 4 nitrogen and oxygen atoms in total. The molecule has 0 fully saturated rings. The van der Waals surface area contributed by atoms with E-state index >= 15 is 0 Å². The summed E-state index contributed by atoms with van der Waals surface area (Å²) in [5.74, 6) is 0.763. The number of rotatable bonds is 5. The summed E-state index contributed by atoms with van der Waals surface area (Å²) in [5, 5.41) is 6.01. The van der Waals surface area contributed by atoms with Gasteiger partial charge in [0.25, 0.3) is 5.91 Å². The van der Waals surface area contributed by atoms with E-state index in [1.165, 1.54) is 0 Å². The second-order valence-electron chi connectivity index (χ2n) is 4.80. The van der Waals surface area contributed by atoms with Gasteiger partial charge in [-0.1, -0.05) is 12.1 Å². The molecule has 2 rings (SSSR count). The Morgan fingerprint density at radius 3 is 2.48 bits per heavy atom. The van der Waals surface area contributed by atoms with Crippen LogP contribution in [0.3, 0.4) is 0 Å². The zero-order valence-electron chi connectivity index (χ0n) is 12.5. The monoisotopic (exact) mass is 284 g/mol. The quantitative estimate of drug-likeness (QED) is 0.886. The minimum atomic E-state index is -0.0811. The number of methoxy groups -OCH3 is 1. The van der Waals surface area contributed by atoms with Crippen LogP contribution in [-0.2, 0) is 0 Å². The van der Waals surface area contributed by atoms with Crippen molar-refractivity contribution in [1.82, 2.24) is 5.32 Å². The topological polar surface area (TPSA) is 50.4 Å². The minimum absolute atomic E-state index is 0.0811. The van der Waals surface area contributed by atoms with Gasteiger partial charge in [-0.3, -0.25) is 4.79 Å². The second kappa shape index (κ2) is 6.79. The zero-order valence-corrected chi connectivity index (χ0v) is 12.5. The normalized spacial score (nSPS) is 11.6. The Hall–Kier alpha value is -2.49. The molecular formula is C17H20N2O2. The molecule has 21 heavy (non-hydrogen) atoms. The van der Waals surface area contributed by atoms with Crippen LogP contribution in [0.1, 0.15) is 28.9 Å². The molecule has 0 bridgehead atoms. The lowest BCUT2D eigenvalue weighted by Crippen LogP contribution is -2.17. The molecule has 2 N–H and O–H groups in total. The molecule has 1 unspecified atom stereocenters. The number of carbonyl (C=O) groups excluding carboxylic acids is 1. The average Bonchev–Trinajstić information content (AvgIpc) is 2.54. The molecule has 1 atom stereocenters. The van der Waals surface area contributed by atoms with Crippen LogP contribution in [0.2, 0.25) is 0 Å². The molecule has 0 saturated heterocycles. The van der Waals surface area contributed by atoms with Gasteiger partial charge in [-0.05, 0) is 48.9 Å². The first-order valence-electron chi connectivity index (χ1n) is 6.86. The summed E-state index contributed by atoms with van der Waals surface area (Å²) >= 11 is 0. The smallest absolute Gasteiger partial charge is 0.251 e. The Balaban J connectivity index is 2.08. The van der Waals surface area contributed by atoms with E-state index in [1.807, 2.05) is 30.3 Å². The van der Waals surface area contributed by atoms with Crippen LogP contribution >= 0.6 is 0 Å². The van der Waals surface area contributed by atoms with Crippen molar-refractivity contribution in [2.24, 2.45) is 0 Å². The van der Waals surface area contributed by atoms with Gasteiger partial charge in [0.2, 0.25) is 0 Å². The molecule has 110 valence electrons. The van der Waals surface area contributed by atoms with E-state index in [9.17, 15) is 4.79 Å². The lowest BCUT2D eigenvalue weighted by atomic mass is 10.1. The molecule has 0 aliphatic heterocycles. The van der Waals surface area contributed by atoms with E-state index in [1.54, 1.807) is 26.3 Å². The van der Waals surface area contributed by atoms with Crippen molar-refractivity contribution in [2.45, 2.75) is 13.0 Å². The van der Waals surface area contributed by atoms with E-state index in [0.717, 1.165) is 17.0 Å². The highest BCUT2D eigenvalue weighted by Gasteiger charge is 2.07. The van der Waals surface area contributed by atoms with E-state index in [4.69, 9.17) is 4.74 Å². The second-order valence-corrected chi connectivity index (χ2v) is 4.80. The maximum absolute atomic E-state index is 11.5. The van der Waals surface area contributed by atoms with E-state index in [-0.39, 0.29) is 11.9 Å². The maximum atomic E-state index is 11.5. The molecule has 2 aromatic rings. The highest BCUT2D eigenvalue weighted by molar-refractivity contribution is 5.94. The average molecular weight is 284 g/mol. The fraction of sp³-hybridized carbons (Fsp3) is 0.235. The van der Waals surface area contributed by atoms with Gasteiger partial charge >= 0.3 is 0 Å². The SMILES string of the molecule is CNC(=O)c1ccc(NC(C)c2cccc(OC)c2)cc1. The van der Waals surface area contributed by atoms with Crippen LogP contribution in [0.5, 0.6) is 5.75 Å². The summed E-state index contributed by atoms with van der Waals surface area (Å²) in [5.41, 5.74) is 2.76. The van der Waals surface area contributed by atoms with Gasteiger partial charge in [0.15, 0.2) is 0 Å².